The van der Waals surface area contributed by atoms with Crippen molar-refractivity contribution in [2.24, 2.45) is 5.92 Å². The van der Waals surface area contributed by atoms with E-state index >= 15 is 0 Å². The van der Waals surface area contributed by atoms with Crippen molar-refractivity contribution in [1.82, 2.24) is 14.6 Å². The molecular formula is C26H35ClN5O9P. The number of carbonyl (C=O) groups excluding carboxylic acids is 1. The average Bonchev–Trinajstić information content (AvgIpc) is 3.14. The van der Waals surface area contributed by atoms with Crippen LogP contribution in [0.1, 0.15) is 40.5 Å². The lowest BCUT2D eigenvalue weighted by atomic mass is 9.88. The number of nitrogen functional groups attached to an aromatic ring is 1. The van der Waals surface area contributed by atoms with Gasteiger partial charge in [0, 0.05) is 11.2 Å². The molecule has 0 radical (unpaired) electrons. The molecule has 2 aromatic rings. The zero-order valence-electron chi connectivity index (χ0n) is 23.6. The number of aromatic nitrogens is 2. The SMILES string of the molecule is CCC(CC)COC(=O)[C@H](C)NP(=O)(OC[C@H]1O[C@@](C#N)(n2ccc(N)nc2=O)[C@](C)(O)[C@@H]1O)Oc1ccc(Cl)cc1. The van der Waals surface area contributed by atoms with E-state index in [-0.39, 0.29) is 24.1 Å². The van der Waals surface area contributed by atoms with Gasteiger partial charge >= 0.3 is 19.4 Å². The number of nitriles is 1. The number of hydrogen-bond donors (Lipinski definition) is 4. The minimum atomic E-state index is -4.43. The fourth-order valence-electron chi connectivity index (χ4n) is 4.28. The van der Waals surface area contributed by atoms with Crippen molar-refractivity contribution in [3.8, 4) is 11.8 Å². The summed E-state index contributed by atoms with van der Waals surface area (Å²) in [6.45, 7) is 5.90. The summed E-state index contributed by atoms with van der Waals surface area (Å²) in [5.41, 5.74) is -0.323. The molecule has 6 atom stereocenters. The highest BCUT2D eigenvalue weighted by molar-refractivity contribution is 7.52. The second-order valence-corrected chi connectivity index (χ2v) is 12.1. The third-order valence-electron chi connectivity index (χ3n) is 7.02. The van der Waals surface area contributed by atoms with Crippen LogP contribution in [0.4, 0.5) is 5.82 Å². The highest BCUT2D eigenvalue weighted by Crippen LogP contribution is 2.48. The maximum Gasteiger partial charge on any atom is 0.459 e. The van der Waals surface area contributed by atoms with Crippen LogP contribution in [0.25, 0.3) is 0 Å². The summed E-state index contributed by atoms with van der Waals surface area (Å²) in [4.78, 5) is 28.8. The highest BCUT2D eigenvalue weighted by Gasteiger charge is 2.65. The number of carbonyl (C=O) groups is 1. The summed E-state index contributed by atoms with van der Waals surface area (Å²) in [6.07, 6.45) is -0.631. The Morgan fingerprint density at radius 3 is 2.55 bits per heavy atom. The predicted molar refractivity (Wildman–Crippen MR) is 151 cm³/mol. The van der Waals surface area contributed by atoms with Gasteiger partial charge in [-0.2, -0.15) is 15.3 Å². The van der Waals surface area contributed by atoms with Gasteiger partial charge in [-0.25, -0.2) is 9.36 Å². The summed E-state index contributed by atoms with van der Waals surface area (Å²) < 4.78 is 36.9. The first kappa shape index (κ1) is 33.5. The molecule has 1 aromatic heterocycles. The topological polar surface area (TPSA) is 208 Å². The first-order chi connectivity index (χ1) is 19.7. The smallest absolute Gasteiger partial charge is 0.459 e. The van der Waals surface area contributed by atoms with Gasteiger partial charge in [-0.05, 0) is 50.1 Å². The fraction of sp³-hybridized carbons (Fsp3) is 0.538. The molecule has 5 N–H and O–H groups in total. The van der Waals surface area contributed by atoms with E-state index in [2.05, 4.69) is 10.1 Å². The lowest BCUT2D eigenvalue weighted by Crippen LogP contribution is -2.57. The van der Waals surface area contributed by atoms with E-state index in [0.717, 1.165) is 26.0 Å². The monoisotopic (exact) mass is 627 g/mol. The van der Waals surface area contributed by atoms with E-state index in [1.165, 1.54) is 37.3 Å². The Hall–Kier alpha value is -3.02. The van der Waals surface area contributed by atoms with Crippen molar-refractivity contribution in [1.29, 1.82) is 5.26 Å². The largest absolute Gasteiger partial charge is 0.464 e. The molecule has 1 aliphatic rings. The van der Waals surface area contributed by atoms with Gasteiger partial charge in [-0.3, -0.25) is 13.9 Å². The highest BCUT2D eigenvalue weighted by atomic mass is 35.5. The first-order valence-corrected chi connectivity index (χ1v) is 15.1. The van der Waals surface area contributed by atoms with Gasteiger partial charge in [0.05, 0.1) is 13.2 Å². The van der Waals surface area contributed by atoms with Crippen molar-refractivity contribution < 1.29 is 38.1 Å². The maximum absolute atomic E-state index is 13.9. The molecule has 1 fully saturated rings. The Morgan fingerprint density at radius 2 is 1.98 bits per heavy atom. The van der Waals surface area contributed by atoms with E-state index in [9.17, 15) is 29.6 Å². The number of halogens is 1. The van der Waals surface area contributed by atoms with Crippen LogP contribution in [-0.4, -0.2) is 62.8 Å². The van der Waals surface area contributed by atoms with Crippen LogP contribution < -0.4 is 21.0 Å². The number of ether oxygens (including phenoxy) is 2. The summed E-state index contributed by atoms with van der Waals surface area (Å²) in [7, 11) is -4.43. The van der Waals surface area contributed by atoms with Crippen LogP contribution >= 0.6 is 19.3 Å². The summed E-state index contributed by atoms with van der Waals surface area (Å²) >= 11 is 5.93. The lowest BCUT2D eigenvalue weighted by Gasteiger charge is -2.34. The molecule has 3 rings (SSSR count). The number of aliphatic hydroxyl groups is 2. The maximum atomic E-state index is 13.9. The van der Waals surface area contributed by atoms with Crippen molar-refractivity contribution in [3.63, 3.8) is 0 Å². The van der Waals surface area contributed by atoms with Gasteiger partial charge in [0.1, 0.15) is 35.9 Å². The molecule has 0 bridgehead atoms. The predicted octanol–water partition coefficient (Wildman–Crippen LogP) is 2.33. The average molecular weight is 628 g/mol. The Bertz CT molecular complexity index is 1400. The van der Waals surface area contributed by atoms with Crippen LogP contribution in [-0.2, 0) is 29.1 Å². The molecule has 0 spiro atoms. The van der Waals surface area contributed by atoms with Gasteiger partial charge < -0.3 is 29.9 Å². The summed E-state index contributed by atoms with van der Waals surface area (Å²) in [5.74, 6) is -0.614. The number of hydrogen-bond acceptors (Lipinski definition) is 12. The molecule has 1 unspecified atom stereocenters. The standard InChI is InChI=1S/C26H35ClN5O9P/c1-5-17(6-2)13-38-23(34)16(3)31-42(37,41-19-9-7-18(27)8-10-19)39-14-20-22(33)25(4,36)26(15-28,40-20)32-12-11-21(29)30-24(32)35/h7-12,16-17,20,22,33,36H,5-6,13-14H2,1-4H3,(H,31,37)(H2,29,30,35)/t16-,20+,22+,25+,26+,42?/m0/s1. The number of benzene rings is 1. The van der Waals surface area contributed by atoms with Crippen LogP contribution in [0.2, 0.25) is 5.02 Å². The van der Waals surface area contributed by atoms with Gasteiger partial charge in [0.2, 0.25) is 0 Å². The van der Waals surface area contributed by atoms with Crippen molar-refractivity contribution in [2.45, 2.75) is 70.1 Å². The number of nitrogens with zero attached hydrogens (tertiary/aromatic N) is 3. The van der Waals surface area contributed by atoms with Crippen molar-refractivity contribution >= 4 is 31.1 Å². The minimum Gasteiger partial charge on any atom is -0.464 e. The van der Waals surface area contributed by atoms with Crippen LogP contribution in [0.3, 0.4) is 0 Å². The number of nitrogens with two attached hydrogens (primary N) is 1. The van der Waals surface area contributed by atoms with E-state index in [1.807, 2.05) is 13.8 Å². The Labute approximate surface area is 247 Å². The molecular weight excluding hydrogens is 593 g/mol. The summed E-state index contributed by atoms with van der Waals surface area (Å²) in [5, 5.41) is 35.0. The van der Waals surface area contributed by atoms with E-state index in [1.54, 1.807) is 6.07 Å². The third kappa shape index (κ3) is 7.12. The molecule has 0 amide bonds. The van der Waals surface area contributed by atoms with Gasteiger partial charge in [-0.15, -0.1) is 0 Å². The molecule has 16 heteroatoms. The second-order valence-electron chi connectivity index (χ2n) is 10.0. The lowest BCUT2D eigenvalue weighted by molar-refractivity contribution is -0.151. The zero-order valence-corrected chi connectivity index (χ0v) is 25.2. The van der Waals surface area contributed by atoms with E-state index in [4.69, 9.17) is 35.9 Å². The number of esters is 1. The Kier molecular flexibility index (Phi) is 10.8. The van der Waals surface area contributed by atoms with E-state index in [0.29, 0.717) is 9.59 Å². The third-order valence-corrected chi connectivity index (χ3v) is 8.92. The molecule has 1 saturated heterocycles. The normalized spacial score (nSPS) is 25.9. The van der Waals surface area contributed by atoms with Gasteiger partial charge in [0.15, 0.2) is 5.60 Å². The minimum absolute atomic E-state index is 0.0681. The van der Waals surface area contributed by atoms with Crippen LogP contribution in [0.15, 0.2) is 41.3 Å². The van der Waals surface area contributed by atoms with Crippen molar-refractivity contribution in [3.05, 3.63) is 52.0 Å². The zero-order chi connectivity index (χ0) is 31.3. The summed E-state index contributed by atoms with van der Waals surface area (Å²) in [6, 6.07) is 7.58. The van der Waals surface area contributed by atoms with Gasteiger partial charge in [0.25, 0.3) is 5.72 Å². The molecule has 42 heavy (non-hydrogen) atoms. The van der Waals surface area contributed by atoms with Crippen molar-refractivity contribution in [2.75, 3.05) is 18.9 Å². The molecule has 1 aromatic carbocycles. The number of nitrogens with one attached hydrogen (secondary N) is 1. The Balaban J connectivity index is 1.85. The van der Waals surface area contributed by atoms with E-state index < -0.39 is 55.6 Å². The molecule has 1 aliphatic heterocycles. The number of anilines is 1. The number of rotatable bonds is 13. The number of aliphatic hydroxyl groups excluding tert-OH is 1. The first-order valence-electron chi connectivity index (χ1n) is 13.2. The second kappa shape index (κ2) is 13.5. The molecule has 230 valence electrons. The molecule has 14 nitrogen and oxygen atoms in total. The van der Waals surface area contributed by atoms with Crippen LogP contribution in [0.5, 0.6) is 5.75 Å². The molecule has 0 aliphatic carbocycles. The quantitative estimate of drug-likeness (QED) is 0.186. The Morgan fingerprint density at radius 1 is 1.33 bits per heavy atom. The molecule has 2 heterocycles. The fourth-order valence-corrected chi connectivity index (χ4v) is 5.90. The molecule has 0 saturated carbocycles. The van der Waals surface area contributed by atoms with Gasteiger partial charge in [-0.1, -0.05) is 38.3 Å². The van der Waals surface area contributed by atoms with Crippen LogP contribution in [0, 0.1) is 17.2 Å².